The van der Waals surface area contributed by atoms with Crippen molar-refractivity contribution >= 4 is 10.9 Å². The van der Waals surface area contributed by atoms with Crippen LogP contribution in [0.15, 0.2) is 30.5 Å². The van der Waals surface area contributed by atoms with E-state index in [1.54, 1.807) is 0 Å². The molecule has 0 aliphatic heterocycles. The highest BCUT2D eigenvalue weighted by atomic mass is 14.8. The van der Waals surface area contributed by atoms with E-state index in [1.807, 2.05) is 36.7 Å². The van der Waals surface area contributed by atoms with Crippen molar-refractivity contribution in [3.05, 3.63) is 36.0 Å². The summed E-state index contributed by atoms with van der Waals surface area (Å²) in [4.78, 5) is 3.15. The molecule has 0 atom stereocenters. The maximum atomic E-state index is 8.37. The van der Waals surface area contributed by atoms with E-state index in [9.17, 15) is 0 Å². The van der Waals surface area contributed by atoms with Gasteiger partial charge in [-0.1, -0.05) is 18.2 Å². The minimum absolute atomic E-state index is 0.584. The van der Waals surface area contributed by atoms with E-state index in [0.717, 1.165) is 11.1 Å². The quantitative estimate of drug-likeness (QED) is 0.534. The first kappa shape index (κ1) is 7.69. The molecule has 0 saturated heterocycles. The number of para-hydroxylation sites is 1. The van der Waals surface area contributed by atoms with Crippen LogP contribution in [-0.2, 0) is 6.54 Å². The smallest absolute Gasteiger partial charge is 0.176 e. The number of nitrogens with zero attached hydrogens (tertiary/aromatic N) is 1. The van der Waals surface area contributed by atoms with E-state index in [1.165, 1.54) is 5.39 Å². The third-order valence-electron chi connectivity index (χ3n) is 2.03. The summed E-state index contributed by atoms with van der Waals surface area (Å²) in [6.45, 7) is 0.584. The first-order chi connectivity index (χ1) is 6.42. The molecule has 2 N–H and O–H groups in total. The molecular formula is C10H9N3. The Labute approximate surface area is 76.0 Å². The summed E-state index contributed by atoms with van der Waals surface area (Å²) in [5.41, 5.74) is 2.23. The summed E-state index contributed by atoms with van der Waals surface area (Å²) in [5.74, 6) is 0. The molecule has 3 nitrogen and oxygen atoms in total. The lowest BCUT2D eigenvalue weighted by atomic mass is 10.2. The Morgan fingerprint density at radius 3 is 3.08 bits per heavy atom. The minimum Gasteiger partial charge on any atom is -0.361 e. The number of hydrogen-bond donors (Lipinski definition) is 2. The van der Waals surface area contributed by atoms with Gasteiger partial charge in [-0.05, 0) is 11.6 Å². The number of benzene rings is 1. The summed E-state index contributed by atoms with van der Waals surface area (Å²) in [7, 11) is 0. The fraction of sp³-hybridized carbons (Fsp3) is 0.100. The van der Waals surface area contributed by atoms with Crippen LogP contribution >= 0.6 is 0 Å². The summed E-state index contributed by atoms with van der Waals surface area (Å²) in [6.07, 6.45) is 3.83. The first-order valence-corrected chi connectivity index (χ1v) is 4.09. The molecule has 64 valence electrons. The van der Waals surface area contributed by atoms with Crippen molar-refractivity contribution < 1.29 is 0 Å². The Morgan fingerprint density at radius 2 is 2.23 bits per heavy atom. The molecule has 1 aromatic carbocycles. The highest BCUT2D eigenvalue weighted by molar-refractivity contribution is 5.82. The Bertz CT molecular complexity index is 450. The van der Waals surface area contributed by atoms with Gasteiger partial charge in [-0.2, -0.15) is 5.26 Å². The number of aromatic amines is 1. The third kappa shape index (κ3) is 1.34. The maximum Gasteiger partial charge on any atom is 0.176 e. The van der Waals surface area contributed by atoms with E-state index in [2.05, 4.69) is 10.3 Å². The van der Waals surface area contributed by atoms with Crippen molar-refractivity contribution in [2.75, 3.05) is 0 Å². The summed E-state index contributed by atoms with van der Waals surface area (Å²) in [5, 5.41) is 12.2. The van der Waals surface area contributed by atoms with Crippen LogP contribution in [0.3, 0.4) is 0 Å². The van der Waals surface area contributed by atoms with Gasteiger partial charge in [0, 0.05) is 17.1 Å². The van der Waals surface area contributed by atoms with Gasteiger partial charge in [-0.15, -0.1) is 0 Å². The van der Waals surface area contributed by atoms with Gasteiger partial charge in [0.15, 0.2) is 6.19 Å². The molecule has 1 heterocycles. The van der Waals surface area contributed by atoms with Gasteiger partial charge in [0.25, 0.3) is 0 Å². The number of H-pyrrole nitrogens is 1. The van der Waals surface area contributed by atoms with Crippen molar-refractivity contribution in [2.45, 2.75) is 6.54 Å². The molecule has 0 saturated carbocycles. The van der Waals surface area contributed by atoms with Crippen LogP contribution in [0.25, 0.3) is 10.9 Å². The maximum absolute atomic E-state index is 8.37. The van der Waals surface area contributed by atoms with Crippen molar-refractivity contribution in [3.63, 3.8) is 0 Å². The summed E-state index contributed by atoms with van der Waals surface area (Å²) >= 11 is 0. The topological polar surface area (TPSA) is 51.6 Å². The molecule has 0 spiro atoms. The van der Waals surface area contributed by atoms with Gasteiger partial charge in [0.2, 0.25) is 0 Å². The fourth-order valence-electron chi connectivity index (χ4n) is 1.41. The monoisotopic (exact) mass is 171 g/mol. The average Bonchev–Trinajstić information content (AvgIpc) is 2.58. The van der Waals surface area contributed by atoms with Gasteiger partial charge in [-0.25, -0.2) is 0 Å². The average molecular weight is 171 g/mol. The van der Waals surface area contributed by atoms with E-state index in [-0.39, 0.29) is 0 Å². The molecule has 0 fully saturated rings. The molecule has 1 aromatic heterocycles. The number of fused-ring (bicyclic) bond motifs is 1. The van der Waals surface area contributed by atoms with Crippen molar-refractivity contribution in [2.24, 2.45) is 0 Å². The highest BCUT2D eigenvalue weighted by Crippen LogP contribution is 2.16. The van der Waals surface area contributed by atoms with Crippen molar-refractivity contribution in [1.82, 2.24) is 10.3 Å². The standard InChI is InChI=1S/C10H9N3/c11-7-12-5-8-6-13-10-4-2-1-3-9(8)10/h1-4,6,12-13H,5H2. The molecule has 0 radical (unpaired) electrons. The SMILES string of the molecule is N#CNCc1c[nH]c2ccccc12. The first-order valence-electron chi connectivity index (χ1n) is 4.09. The molecule has 2 aromatic rings. The Kier molecular flexibility index (Phi) is 1.89. The van der Waals surface area contributed by atoms with Crippen molar-refractivity contribution in [3.8, 4) is 6.19 Å². The molecular weight excluding hydrogens is 162 g/mol. The van der Waals surface area contributed by atoms with Gasteiger partial charge in [-0.3, -0.25) is 0 Å². The van der Waals surface area contributed by atoms with Gasteiger partial charge in [0.1, 0.15) is 0 Å². The van der Waals surface area contributed by atoms with Crippen LogP contribution in [0.4, 0.5) is 0 Å². The van der Waals surface area contributed by atoms with Crippen LogP contribution in [-0.4, -0.2) is 4.98 Å². The Balaban J connectivity index is 2.41. The number of nitrogens with one attached hydrogen (secondary N) is 2. The molecule has 0 aliphatic carbocycles. The molecule has 2 rings (SSSR count). The molecule has 0 amide bonds. The molecule has 3 heteroatoms. The fourth-order valence-corrected chi connectivity index (χ4v) is 1.41. The van der Waals surface area contributed by atoms with Crippen LogP contribution < -0.4 is 5.32 Å². The van der Waals surface area contributed by atoms with Crippen molar-refractivity contribution in [1.29, 1.82) is 5.26 Å². The van der Waals surface area contributed by atoms with E-state index >= 15 is 0 Å². The lowest BCUT2D eigenvalue weighted by Crippen LogP contribution is -2.03. The van der Waals surface area contributed by atoms with Crippen LogP contribution in [0, 0.1) is 11.5 Å². The Hall–Kier alpha value is -1.95. The zero-order chi connectivity index (χ0) is 9.10. The van der Waals surface area contributed by atoms with E-state index < -0.39 is 0 Å². The van der Waals surface area contributed by atoms with Gasteiger partial charge in [0.05, 0.1) is 6.54 Å². The van der Waals surface area contributed by atoms with Crippen LogP contribution in [0.5, 0.6) is 0 Å². The summed E-state index contributed by atoms with van der Waals surface area (Å²) < 4.78 is 0. The van der Waals surface area contributed by atoms with E-state index in [4.69, 9.17) is 5.26 Å². The summed E-state index contributed by atoms with van der Waals surface area (Å²) in [6, 6.07) is 8.04. The molecule has 13 heavy (non-hydrogen) atoms. The molecule has 0 aliphatic rings. The predicted molar refractivity (Wildman–Crippen MR) is 50.8 cm³/mol. The number of aromatic nitrogens is 1. The Morgan fingerprint density at radius 1 is 1.38 bits per heavy atom. The van der Waals surface area contributed by atoms with Gasteiger partial charge < -0.3 is 10.3 Å². The highest BCUT2D eigenvalue weighted by Gasteiger charge is 2.00. The number of rotatable bonds is 2. The second kappa shape index (κ2) is 3.20. The second-order valence-electron chi connectivity index (χ2n) is 2.82. The number of nitriles is 1. The molecule has 0 bridgehead atoms. The zero-order valence-electron chi connectivity index (χ0n) is 7.04. The minimum atomic E-state index is 0.584. The zero-order valence-corrected chi connectivity index (χ0v) is 7.04. The second-order valence-corrected chi connectivity index (χ2v) is 2.82. The normalized spacial score (nSPS) is 9.77. The lowest BCUT2D eigenvalue weighted by molar-refractivity contribution is 0.891. The van der Waals surface area contributed by atoms with Gasteiger partial charge >= 0.3 is 0 Å². The molecule has 0 unspecified atom stereocenters. The largest absolute Gasteiger partial charge is 0.361 e. The predicted octanol–water partition coefficient (Wildman–Crippen LogP) is 1.74. The number of hydrogen-bond acceptors (Lipinski definition) is 2. The van der Waals surface area contributed by atoms with Crippen LogP contribution in [0.1, 0.15) is 5.56 Å². The lowest BCUT2D eigenvalue weighted by Gasteiger charge is -1.94. The van der Waals surface area contributed by atoms with E-state index in [0.29, 0.717) is 6.54 Å². The third-order valence-corrected chi connectivity index (χ3v) is 2.03. The van der Waals surface area contributed by atoms with Crippen LogP contribution in [0.2, 0.25) is 0 Å².